The van der Waals surface area contributed by atoms with Crippen molar-refractivity contribution in [3.05, 3.63) is 29.3 Å². The van der Waals surface area contributed by atoms with Crippen molar-refractivity contribution in [1.29, 1.82) is 0 Å². The molecule has 1 amide bonds. The van der Waals surface area contributed by atoms with Crippen molar-refractivity contribution in [3.8, 4) is 0 Å². The normalized spacial score (nSPS) is 13.6. The highest BCUT2D eigenvalue weighted by Crippen LogP contribution is 2.26. The molecule has 0 spiro atoms. The molecule has 1 aromatic carbocycles. The first-order valence-electron chi connectivity index (χ1n) is 7.43. The molecule has 1 N–H and O–H groups in total. The van der Waals surface area contributed by atoms with Gasteiger partial charge in [0, 0.05) is 30.9 Å². The molecule has 1 aliphatic heterocycles. The molecule has 104 valence electrons. The van der Waals surface area contributed by atoms with Crippen LogP contribution in [0.2, 0.25) is 0 Å². The Balaban J connectivity index is 2.22. The molecule has 0 atom stereocenters. The van der Waals surface area contributed by atoms with Crippen LogP contribution in [0.15, 0.2) is 18.2 Å². The summed E-state index contributed by atoms with van der Waals surface area (Å²) in [4.78, 5) is 14.6. The van der Waals surface area contributed by atoms with Crippen LogP contribution in [-0.4, -0.2) is 30.4 Å². The SMILES string of the molecule is CCCCN(CC)C(=O)c1cccc2c1CCCN2. The van der Waals surface area contributed by atoms with Crippen molar-refractivity contribution in [2.45, 2.75) is 39.5 Å². The van der Waals surface area contributed by atoms with Gasteiger partial charge in [0.15, 0.2) is 0 Å². The number of hydrogen-bond acceptors (Lipinski definition) is 2. The first kappa shape index (κ1) is 13.9. The molecule has 1 heterocycles. The number of nitrogens with zero attached hydrogens (tertiary/aromatic N) is 1. The lowest BCUT2D eigenvalue weighted by Gasteiger charge is -2.25. The fourth-order valence-electron chi connectivity index (χ4n) is 2.63. The zero-order valence-corrected chi connectivity index (χ0v) is 12.0. The average Bonchev–Trinajstić information content (AvgIpc) is 2.47. The van der Waals surface area contributed by atoms with Crippen LogP contribution in [0.1, 0.15) is 49.0 Å². The van der Waals surface area contributed by atoms with E-state index in [1.165, 1.54) is 5.56 Å². The Morgan fingerprint density at radius 1 is 1.37 bits per heavy atom. The van der Waals surface area contributed by atoms with Gasteiger partial charge in [-0.05, 0) is 43.9 Å². The Kier molecular flexibility index (Phi) is 4.83. The van der Waals surface area contributed by atoms with Crippen molar-refractivity contribution >= 4 is 11.6 Å². The van der Waals surface area contributed by atoms with Crippen LogP contribution in [0.4, 0.5) is 5.69 Å². The Morgan fingerprint density at radius 2 is 2.21 bits per heavy atom. The quantitative estimate of drug-likeness (QED) is 0.881. The lowest BCUT2D eigenvalue weighted by molar-refractivity contribution is 0.0761. The molecular weight excluding hydrogens is 236 g/mol. The van der Waals surface area contributed by atoms with E-state index in [0.717, 1.165) is 56.6 Å². The Labute approximate surface area is 116 Å². The maximum atomic E-state index is 12.7. The molecular formula is C16H24N2O. The predicted octanol–water partition coefficient (Wildman–Crippen LogP) is 3.31. The molecule has 1 aliphatic rings. The summed E-state index contributed by atoms with van der Waals surface area (Å²) in [5.41, 5.74) is 3.24. The maximum Gasteiger partial charge on any atom is 0.254 e. The van der Waals surface area contributed by atoms with E-state index < -0.39 is 0 Å². The van der Waals surface area contributed by atoms with Gasteiger partial charge in [-0.25, -0.2) is 0 Å². The number of unbranched alkanes of at least 4 members (excludes halogenated alkanes) is 1. The van der Waals surface area contributed by atoms with Gasteiger partial charge in [0.1, 0.15) is 0 Å². The summed E-state index contributed by atoms with van der Waals surface area (Å²) < 4.78 is 0. The zero-order chi connectivity index (χ0) is 13.7. The van der Waals surface area contributed by atoms with E-state index in [9.17, 15) is 4.79 Å². The van der Waals surface area contributed by atoms with Gasteiger partial charge in [-0.3, -0.25) is 4.79 Å². The summed E-state index contributed by atoms with van der Waals surface area (Å²) in [6, 6.07) is 6.04. The lowest BCUT2D eigenvalue weighted by atomic mass is 9.96. The number of nitrogens with one attached hydrogen (secondary N) is 1. The molecule has 0 aromatic heterocycles. The molecule has 0 saturated heterocycles. The number of carbonyl (C=O) groups excluding carboxylic acids is 1. The van der Waals surface area contributed by atoms with Crippen LogP contribution in [0.5, 0.6) is 0 Å². The molecule has 0 fully saturated rings. The van der Waals surface area contributed by atoms with Gasteiger partial charge in [0.05, 0.1) is 0 Å². The topological polar surface area (TPSA) is 32.3 Å². The third kappa shape index (κ3) is 3.09. The molecule has 19 heavy (non-hydrogen) atoms. The van der Waals surface area contributed by atoms with Crippen molar-refractivity contribution in [2.75, 3.05) is 25.0 Å². The van der Waals surface area contributed by atoms with E-state index in [1.807, 2.05) is 17.0 Å². The van der Waals surface area contributed by atoms with Gasteiger partial charge in [0.25, 0.3) is 5.91 Å². The van der Waals surface area contributed by atoms with Crippen LogP contribution >= 0.6 is 0 Å². The third-order valence-electron chi connectivity index (χ3n) is 3.78. The van der Waals surface area contributed by atoms with Crippen LogP contribution in [0.25, 0.3) is 0 Å². The largest absolute Gasteiger partial charge is 0.385 e. The van der Waals surface area contributed by atoms with Crippen LogP contribution in [0.3, 0.4) is 0 Å². The number of hydrogen-bond donors (Lipinski definition) is 1. The molecule has 1 aromatic rings. The van der Waals surface area contributed by atoms with Crippen LogP contribution in [-0.2, 0) is 6.42 Å². The van der Waals surface area contributed by atoms with E-state index in [0.29, 0.717) is 0 Å². The highest BCUT2D eigenvalue weighted by molar-refractivity contribution is 5.97. The van der Waals surface area contributed by atoms with Gasteiger partial charge < -0.3 is 10.2 Å². The monoisotopic (exact) mass is 260 g/mol. The fraction of sp³-hybridized carbons (Fsp3) is 0.562. The summed E-state index contributed by atoms with van der Waals surface area (Å²) >= 11 is 0. The second-order valence-electron chi connectivity index (χ2n) is 5.10. The highest BCUT2D eigenvalue weighted by atomic mass is 16.2. The Bertz CT molecular complexity index is 442. The smallest absolute Gasteiger partial charge is 0.254 e. The average molecular weight is 260 g/mol. The second-order valence-corrected chi connectivity index (χ2v) is 5.10. The van der Waals surface area contributed by atoms with E-state index in [4.69, 9.17) is 0 Å². The number of rotatable bonds is 5. The molecule has 0 aliphatic carbocycles. The molecule has 0 radical (unpaired) electrons. The summed E-state index contributed by atoms with van der Waals surface area (Å²) in [7, 11) is 0. The standard InChI is InChI=1S/C16H24N2O/c1-3-5-12-18(4-2)16(19)14-8-6-10-15-13(14)9-7-11-17-15/h6,8,10,17H,3-5,7,9,11-12H2,1-2H3. The maximum absolute atomic E-state index is 12.7. The van der Waals surface area contributed by atoms with Crippen molar-refractivity contribution in [2.24, 2.45) is 0 Å². The number of anilines is 1. The Morgan fingerprint density at radius 3 is 2.95 bits per heavy atom. The van der Waals surface area contributed by atoms with Gasteiger partial charge >= 0.3 is 0 Å². The minimum absolute atomic E-state index is 0.191. The predicted molar refractivity (Wildman–Crippen MR) is 79.7 cm³/mol. The van der Waals surface area contributed by atoms with Gasteiger partial charge in [0.2, 0.25) is 0 Å². The highest BCUT2D eigenvalue weighted by Gasteiger charge is 2.20. The van der Waals surface area contributed by atoms with Crippen molar-refractivity contribution in [1.82, 2.24) is 4.90 Å². The third-order valence-corrected chi connectivity index (χ3v) is 3.78. The number of benzene rings is 1. The van der Waals surface area contributed by atoms with Gasteiger partial charge in [-0.2, -0.15) is 0 Å². The van der Waals surface area contributed by atoms with E-state index >= 15 is 0 Å². The zero-order valence-electron chi connectivity index (χ0n) is 12.0. The molecule has 3 heteroatoms. The summed E-state index contributed by atoms with van der Waals surface area (Å²) in [5.74, 6) is 0.191. The number of amides is 1. The van der Waals surface area contributed by atoms with Crippen LogP contribution < -0.4 is 5.32 Å². The van der Waals surface area contributed by atoms with Crippen molar-refractivity contribution in [3.63, 3.8) is 0 Å². The Hall–Kier alpha value is -1.51. The lowest BCUT2D eigenvalue weighted by Crippen LogP contribution is -2.33. The molecule has 0 unspecified atom stereocenters. The molecule has 0 saturated carbocycles. The van der Waals surface area contributed by atoms with E-state index in [1.54, 1.807) is 0 Å². The number of fused-ring (bicyclic) bond motifs is 1. The van der Waals surface area contributed by atoms with E-state index in [-0.39, 0.29) is 5.91 Å². The van der Waals surface area contributed by atoms with E-state index in [2.05, 4.69) is 25.2 Å². The first-order valence-corrected chi connectivity index (χ1v) is 7.43. The van der Waals surface area contributed by atoms with Gasteiger partial charge in [-0.1, -0.05) is 19.4 Å². The summed E-state index contributed by atoms with van der Waals surface area (Å²) in [6.07, 6.45) is 4.32. The summed E-state index contributed by atoms with van der Waals surface area (Å²) in [6.45, 7) is 6.88. The first-order chi connectivity index (χ1) is 9.27. The van der Waals surface area contributed by atoms with Gasteiger partial charge in [-0.15, -0.1) is 0 Å². The second kappa shape index (κ2) is 6.60. The molecule has 0 bridgehead atoms. The molecule has 3 nitrogen and oxygen atoms in total. The minimum atomic E-state index is 0.191. The molecule has 2 rings (SSSR count). The van der Waals surface area contributed by atoms with Crippen LogP contribution in [0, 0.1) is 0 Å². The minimum Gasteiger partial charge on any atom is -0.385 e. The fourth-order valence-corrected chi connectivity index (χ4v) is 2.63. The van der Waals surface area contributed by atoms with Crippen molar-refractivity contribution < 1.29 is 4.79 Å². The summed E-state index contributed by atoms with van der Waals surface area (Å²) in [5, 5.41) is 3.39. The number of carbonyl (C=O) groups is 1.